The van der Waals surface area contributed by atoms with E-state index in [9.17, 15) is 34.2 Å². The third-order valence-electron chi connectivity index (χ3n) is 1.05. The molecule has 0 fully saturated rings. The number of carbonyl (C=O) groups excluding carboxylic acids is 2. The van der Waals surface area contributed by atoms with E-state index in [0.717, 1.165) is 0 Å². The van der Waals surface area contributed by atoms with Crippen molar-refractivity contribution < 1.29 is 157 Å². The van der Waals surface area contributed by atoms with E-state index in [1.807, 2.05) is 0 Å². The fourth-order valence-corrected chi connectivity index (χ4v) is 0.703. The van der Waals surface area contributed by atoms with Crippen LogP contribution in [0.2, 0.25) is 0 Å². The Labute approximate surface area is 197 Å². The number of aliphatic carboxylic acids is 2. The SMILES string of the molecule is O=C([O-])CC/C(=N\OP(=O)([O-])[O-])C(=O)[O-].[Na+].[Na+].[Na+].[Na+]. The zero-order valence-electron chi connectivity index (χ0n) is 11.1. The summed E-state index contributed by atoms with van der Waals surface area (Å²) in [5.74, 6) is -3.51. The molecule has 0 aliphatic carbocycles. The van der Waals surface area contributed by atoms with Gasteiger partial charge in [0.05, 0.1) is 5.97 Å². The minimum absolute atomic E-state index is 0. The molecule has 0 saturated carbocycles. The molecule has 0 aliphatic heterocycles. The second-order valence-electron chi connectivity index (χ2n) is 2.23. The smallest absolute Gasteiger partial charge is 0.778 e. The minimum atomic E-state index is -5.45. The zero-order chi connectivity index (χ0) is 12.1. The predicted octanol–water partition coefficient (Wildman–Crippen LogP) is -16.5. The van der Waals surface area contributed by atoms with Gasteiger partial charge in [-0.25, -0.2) is 0 Å². The summed E-state index contributed by atoms with van der Waals surface area (Å²) in [6, 6.07) is 0. The molecule has 0 aromatic carbocycles. The first-order chi connectivity index (χ1) is 6.72. The third kappa shape index (κ3) is 23.0. The van der Waals surface area contributed by atoms with Crippen molar-refractivity contribution in [1.82, 2.24) is 0 Å². The molecule has 0 spiro atoms. The van der Waals surface area contributed by atoms with Crippen molar-refractivity contribution in [3.8, 4) is 0 Å². The Morgan fingerprint density at radius 3 is 1.68 bits per heavy atom. The first-order valence-corrected chi connectivity index (χ1v) is 4.87. The Hall–Kier alpha value is 2.56. The Balaban J connectivity index is -0.000000163. The molecule has 0 aliphatic rings. The molecule has 0 N–H and O–H groups in total. The van der Waals surface area contributed by atoms with Crippen molar-refractivity contribution >= 4 is 25.5 Å². The fraction of sp³-hybridized carbons (Fsp3) is 0.400. The molecule has 0 radical (unpaired) electrons. The van der Waals surface area contributed by atoms with Crippen LogP contribution in [0, 0.1) is 0 Å². The Kier molecular flexibility index (Phi) is 29.6. The topological polar surface area (TPSA) is 165 Å². The van der Waals surface area contributed by atoms with Crippen molar-refractivity contribution in [1.29, 1.82) is 0 Å². The van der Waals surface area contributed by atoms with Crippen LogP contribution < -0.4 is 138 Å². The summed E-state index contributed by atoms with van der Waals surface area (Å²) in [5, 5.41) is 22.6. The van der Waals surface area contributed by atoms with E-state index in [0.29, 0.717) is 0 Å². The van der Waals surface area contributed by atoms with Crippen LogP contribution in [0.1, 0.15) is 12.8 Å². The van der Waals surface area contributed by atoms with E-state index in [4.69, 9.17) is 0 Å². The quantitative estimate of drug-likeness (QED) is 0.200. The minimum Gasteiger partial charge on any atom is -0.778 e. The largest absolute Gasteiger partial charge is 1.00 e. The van der Waals surface area contributed by atoms with Crippen LogP contribution in [0.4, 0.5) is 0 Å². The van der Waals surface area contributed by atoms with Gasteiger partial charge in [0.15, 0.2) is 0 Å². The molecular weight excluding hydrogens is 325 g/mol. The Morgan fingerprint density at radius 1 is 1.00 bits per heavy atom. The van der Waals surface area contributed by atoms with Crippen LogP contribution in [0.25, 0.3) is 0 Å². The molecule has 0 aromatic rings. The predicted molar refractivity (Wildman–Crippen MR) is 35.4 cm³/mol. The van der Waals surface area contributed by atoms with Gasteiger partial charge in [-0.3, -0.25) is 0 Å². The van der Waals surface area contributed by atoms with Crippen molar-refractivity contribution in [2.45, 2.75) is 12.8 Å². The number of carbonyl (C=O) groups is 2. The Morgan fingerprint density at radius 2 is 1.42 bits per heavy atom. The van der Waals surface area contributed by atoms with E-state index in [-0.39, 0.29) is 118 Å². The average molecular weight is 329 g/mol. The molecule has 0 atom stereocenters. The average Bonchev–Trinajstić information content (AvgIpc) is 2.00. The summed E-state index contributed by atoms with van der Waals surface area (Å²) in [5.41, 5.74) is -1.01. The Bertz CT molecular complexity index is 344. The van der Waals surface area contributed by atoms with Gasteiger partial charge < -0.3 is 38.8 Å². The first kappa shape index (κ1) is 33.2. The molecule has 0 heterocycles. The summed E-state index contributed by atoms with van der Waals surface area (Å²) in [4.78, 5) is 39.9. The summed E-state index contributed by atoms with van der Waals surface area (Å²) >= 11 is 0. The van der Waals surface area contributed by atoms with Gasteiger partial charge >= 0.3 is 118 Å². The maximum atomic E-state index is 10.2. The number of hydrogen-bond donors (Lipinski definition) is 0. The number of carboxylic acids is 2. The molecule has 0 bridgehead atoms. The number of oxime groups is 1. The van der Waals surface area contributed by atoms with Gasteiger partial charge in [-0.05, 0) is 6.42 Å². The van der Waals surface area contributed by atoms with Crippen LogP contribution in [0.15, 0.2) is 5.16 Å². The molecule has 0 unspecified atom stereocenters. The zero-order valence-corrected chi connectivity index (χ0v) is 20.0. The van der Waals surface area contributed by atoms with Crippen LogP contribution in [-0.2, 0) is 18.8 Å². The van der Waals surface area contributed by atoms with Crippen LogP contribution in [-0.4, -0.2) is 17.7 Å². The summed E-state index contributed by atoms with van der Waals surface area (Å²) in [6.07, 6.45) is -1.40. The number of carboxylic acid groups (broad SMARTS) is 2. The van der Waals surface area contributed by atoms with Gasteiger partial charge in [0.1, 0.15) is 13.5 Å². The van der Waals surface area contributed by atoms with Crippen molar-refractivity contribution in [3.05, 3.63) is 0 Å². The number of nitrogens with zero attached hydrogens (tertiary/aromatic N) is 1. The maximum absolute atomic E-state index is 10.2. The third-order valence-corrected chi connectivity index (χ3v) is 1.33. The van der Waals surface area contributed by atoms with Gasteiger partial charge in [0.25, 0.3) is 0 Å². The van der Waals surface area contributed by atoms with Gasteiger partial charge in [0.2, 0.25) is 0 Å². The van der Waals surface area contributed by atoms with Gasteiger partial charge in [-0.15, -0.1) is 0 Å². The van der Waals surface area contributed by atoms with Crippen LogP contribution >= 0.6 is 7.82 Å². The van der Waals surface area contributed by atoms with E-state index >= 15 is 0 Å². The molecule has 0 rings (SSSR count). The van der Waals surface area contributed by atoms with E-state index in [2.05, 4.69) is 9.78 Å². The van der Waals surface area contributed by atoms with Crippen molar-refractivity contribution in [3.63, 3.8) is 0 Å². The van der Waals surface area contributed by atoms with E-state index in [1.54, 1.807) is 0 Å². The van der Waals surface area contributed by atoms with Crippen LogP contribution in [0.3, 0.4) is 0 Å². The second-order valence-corrected chi connectivity index (χ2v) is 3.28. The molecule has 9 nitrogen and oxygen atoms in total. The molecule has 86 valence electrons. The molecule has 14 heteroatoms. The second kappa shape index (κ2) is 16.9. The normalized spacial score (nSPS) is 9.68. The van der Waals surface area contributed by atoms with Gasteiger partial charge in [0, 0.05) is 12.4 Å². The molecule has 0 saturated heterocycles. The van der Waals surface area contributed by atoms with E-state index in [1.165, 1.54) is 0 Å². The van der Waals surface area contributed by atoms with Gasteiger partial charge in [-0.1, -0.05) is 5.16 Å². The monoisotopic (exact) mass is 329 g/mol. The summed E-state index contributed by atoms with van der Waals surface area (Å²) in [7, 11) is -5.45. The summed E-state index contributed by atoms with van der Waals surface area (Å²) < 4.78 is 13.2. The van der Waals surface area contributed by atoms with Crippen molar-refractivity contribution in [2.75, 3.05) is 0 Å². The number of hydrogen-bond acceptors (Lipinski definition) is 9. The first-order valence-electron chi connectivity index (χ1n) is 3.41. The van der Waals surface area contributed by atoms with Gasteiger partial charge in [-0.2, -0.15) is 0 Å². The molecule has 0 amide bonds. The molecule has 19 heavy (non-hydrogen) atoms. The van der Waals surface area contributed by atoms with Crippen molar-refractivity contribution in [2.24, 2.45) is 5.16 Å². The fourth-order valence-electron chi connectivity index (χ4n) is 0.505. The number of phosphoric acid groups is 1. The van der Waals surface area contributed by atoms with E-state index < -0.39 is 38.3 Å². The standard InChI is InChI=1S/C5H8NO8P.4Na/c7-4(8)2-1-3(5(9)10)6-14-15(11,12)13;;;;/h1-2H2,(H,7,8)(H,9,10)(H2,11,12,13);;;;/q;4*+1/p-4/b6-3+;;;;. The molecular formula is C5H4NNa4O8P. The molecule has 0 aromatic heterocycles. The van der Waals surface area contributed by atoms with Crippen LogP contribution in [0.5, 0.6) is 0 Å². The maximum Gasteiger partial charge on any atom is 1.00 e. The summed E-state index contributed by atoms with van der Waals surface area (Å²) in [6.45, 7) is 0. The number of rotatable bonds is 6.